The minimum atomic E-state index is 0.117. The molecule has 0 saturated heterocycles. The maximum atomic E-state index is 7.50. The molecular formula is C37H26ClO2Ru. The predicted octanol–water partition coefficient (Wildman–Crippen LogP) is 9.62. The van der Waals surface area contributed by atoms with Gasteiger partial charge in [0.2, 0.25) is 0 Å². The Morgan fingerprint density at radius 3 is 0.927 bits per heavy atom. The largest absolute Gasteiger partial charge is 0.0622 e. The van der Waals surface area contributed by atoms with Crippen molar-refractivity contribution in [3.63, 3.8) is 0 Å². The molecule has 0 aromatic heterocycles. The molecule has 0 aliphatic heterocycles. The van der Waals surface area contributed by atoms with Crippen molar-refractivity contribution < 1.29 is 26.6 Å². The summed E-state index contributed by atoms with van der Waals surface area (Å²) in [5.74, 6) is 0.117. The molecule has 0 amide bonds. The molecule has 0 saturated carbocycles. The van der Waals surface area contributed by atoms with Crippen molar-refractivity contribution >= 4 is 32.0 Å². The zero-order chi connectivity index (χ0) is 29.5. The van der Waals surface area contributed by atoms with Crippen LogP contribution in [-0.4, -0.2) is 0 Å². The first-order chi connectivity index (χ1) is 20.4. The van der Waals surface area contributed by atoms with Gasteiger partial charge in [0.1, 0.15) is 0 Å². The van der Waals surface area contributed by atoms with E-state index in [2.05, 4.69) is 175 Å². The molecule has 0 heterocycles. The van der Waals surface area contributed by atoms with E-state index < -0.39 is 0 Å². The van der Waals surface area contributed by atoms with Crippen LogP contribution in [0.4, 0.5) is 0 Å². The normalized spacial score (nSPS) is 12.1. The molecule has 0 spiro atoms. The van der Waals surface area contributed by atoms with Crippen LogP contribution < -0.4 is 0 Å². The Bertz CT molecular complexity index is 1490. The Hall–Kier alpha value is -4.03. The quantitative estimate of drug-likeness (QED) is 0.104. The van der Waals surface area contributed by atoms with Gasteiger partial charge in [0, 0.05) is 5.92 Å². The summed E-state index contributed by atoms with van der Waals surface area (Å²) < 4.78 is 15.0. The zero-order valence-corrected chi connectivity index (χ0v) is 24.6. The van der Waals surface area contributed by atoms with Gasteiger partial charge in [-0.25, -0.2) is 0 Å². The second-order valence-corrected chi connectivity index (χ2v) is 8.89. The zero-order valence-electron chi connectivity index (χ0n) is 22.1. The molecular weight excluding hydrogens is 613 g/mol. The summed E-state index contributed by atoms with van der Waals surface area (Å²) in [5.41, 5.74) is 11.7. The third kappa shape index (κ3) is 7.19. The SMILES string of the molecule is [C-]#[O+].[C-]#[O+].[Cl][Ru].c1ccc(C2=C(c3ccccc3)C(c3ccccc3)C(c3ccccc3)=C2c2ccccc2)cc1. The molecule has 0 fully saturated rings. The molecule has 0 N–H and O–H groups in total. The number of allylic oxidation sites excluding steroid dienone is 4. The first kappa shape index (κ1) is 31.5. The maximum Gasteiger partial charge on any atom is 0.0364 e. The van der Waals surface area contributed by atoms with Crippen molar-refractivity contribution in [1.82, 2.24) is 0 Å². The van der Waals surface area contributed by atoms with Gasteiger partial charge in [0.15, 0.2) is 0 Å². The van der Waals surface area contributed by atoms with E-state index in [9.17, 15) is 0 Å². The number of benzene rings is 5. The monoisotopic (exact) mass is 639 g/mol. The Balaban J connectivity index is 0.000000725. The third-order valence-electron chi connectivity index (χ3n) is 6.79. The van der Waals surface area contributed by atoms with Crippen LogP contribution in [0.25, 0.3) is 22.3 Å². The van der Waals surface area contributed by atoms with Crippen LogP contribution in [0.3, 0.4) is 0 Å². The molecule has 4 heteroatoms. The molecule has 0 radical (unpaired) electrons. The van der Waals surface area contributed by atoms with Gasteiger partial charge >= 0.3 is 49.6 Å². The molecule has 41 heavy (non-hydrogen) atoms. The van der Waals surface area contributed by atoms with Gasteiger partial charge in [-0.2, -0.15) is 0 Å². The van der Waals surface area contributed by atoms with E-state index in [0.717, 1.165) is 0 Å². The summed E-state index contributed by atoms with van der Waals surface area (Å²) in [4.78, 5) is 0. The number of hydrogen-bond donors (Lipinski definition) is 0. The molecule has 2 nitrogen and oxygen atoms in total. The fourth-order valence-electron chi connectivity index (χ4n) is 5.35. The van der Waals surface area contributed by atoms with E-state index in [4.69, 9.17) is 9.30 Å². The minimum Gasteiger partial charge on any atom is -0.0622 e. The van der Waals surface area contributed by atoms with Crippen molar-refractivity contribution in [3.8, 4) is 0 Å². The molecule has 0 unspecified atom stereocenters. The number of rotatable bonds is 5. The number of halogens is 1. The summed E-state index contributed by atoms with van der Waals surface area (Å²) in [7, 11) is 4.57. The van der Waals surface area contributed by atoms with Gasteiger partial charge in [0.25, 0.3) is 0 Å². The van der Waals surface area contributed by atoms with E-state index in [1.165, 1.54) is 50.1 Å². The Morgan fingerprint density at radius 1 is 0.390 bits per heavy atom. The average molecular weight is 639 g/mol. The Labute approximate surface area is 256 Å². The average Bonchev–Trinajstić information content (AvgIpc) is 3.46. The second kappa shape index (κ2) is 16.9. The molecule has 0 atom stereocenters. The number of hydrogen-bond acceptors (Lipinski definition) is 0. The van der Waals surface area contributed by atoms with Gasteiger partial charge in [0.05, 0.1) is 0 Å². The molecule has 201 valence electrons. The van der Waals surface area contributed by atoms with Crippen LogP contribution in [0.5, 0.6) is 0 Å². The van der Waals surface area contributed by atoms with E-state index in [1.807, 2.05) is 17.3 Å². The maximum absolute atomic E-state index is 7.50. The van der Waals surface area contributed by atoms with Gasteiger partial charge in [-0.05, 0) is 50.1 Å². The predicted molar refractivity (Wildman–Crippen MR) is 162 cm³/mol. The molecule has 0 bridgehead atoms. The van der Waals surface area contributed by atoms with E-state index in [-0.39, 0.29) is 5.92 Å². The molecule has 1 aliphatic rings. The van der Waals surface area contributed by atoms with Crippen LogP contribution >= 0.6 is 9.69 Å². The van der Waals surface area contributed by atoms with Crippen LogP contribution in [0.1, 0.15) is 33.7 Å². The summed E-state index contributed by atoms with van der Waals surface area (Å²) in [6.07, 6.45) is 0. The van der Waals surface area contributed by atoms with Crippen LogP contribution in [-0.2, 0) is 26.6 Å². The fraction of sp³-hybridized carbons (Fsp3) is 0.0270. The van der Waals surface area contributed by atoms with Gasteiger partial charge < -0.3 is 0 Å². The van der Waals surface area contributed by atoms with Gasteiger partial charge in [-0.15, -0.1) is 0 Å². The van der Waals surface area contributed by atoms with Crippen molar-refractivity contribution in [1.29, 1.82) is 0 Å². The summed E-state index contributed by atoms with van der Waals surface area (Å²) in [6, 6.07) is 54.5. The summed E-state index contributed by atoms with van der Waals surface area (Å²) in [5, 5.41) is 0. The van der Waals surface area contributed by atoms with Crippen LogP contribution in [0, 0.1) is 13.3 Å². The minimum absolute atomic E-state index is 0.117. The fourth-order valence-corrected chi connectivity index (χ4v) is 5.35. The third-order valence-corrected chi connectivity index (χ3v) is 6.79. The first-order valence-corrected chi connectivity index (χ1v) is 14.9. The smallest absolute Gasteiger partial charge is 0.0364 e. The van der Waals surface area contributed by atoms with E-state index in [0.29, 0.717) is 0 Å². The molecule has 6 rings (SSSR count). The Kier molecular flexibility index (Phi) is 13.0. The van der Waals surface area contributed by atoms with Crippen molar-refractivity contribution in [2.45, 2.75) is 5.92 Å². The second-order valence-electron chi connectivity index (χ2n) is 8.89. The molecule has 1 aliphatic carbocycles. The van der Waals surface area contributed by atoms with Crippen molar-refractivity contribution in [3.05, 3.63) is 193 Å². The van der Waals surface area contributed by atoms with Crippen molar-refractivity contribution in [2.24, 2.45) is 0 Å². The van der Waals surface area contributed by atoms with Gasteiger partial charge in [-0.3, -0.25) is 0 Å². The van der Waals surface area contributed by atoms with Crippen LogP contribution in [0.15, 0.2) is 152 Å². The first-order valence-electron chi connectivity index (χ1n) is 12.7. The summed E-state index contributed by atoms with van der Waals surface area (Å²) in [6.45, 7) is 9.00. The standard InChI is InChI=1S/C35H26.2CO.ClH.Ru/c1-6-16-26(17-7-1)31-32(27-18-8-2-9-19-27)34(29-22-12-4-13-23-29)35(30-24-14-5-15-25-30)33(31)28-20-10-3-11-21-28;2*1-2;;/h1-25,31H;;;1H;/q;;;;+1/p-1. The van der Waals surface area contributed by atoms with E-state index in [1.54, 1.807) is 0 Å². The van der Waals surface area contributed by atoms with Crippen molar-refractivity contribution in [2.75, 3.05) is 0 Å². The summed E-state index contributed by atoms with van der Waals surface area (Å²) >= 11 is 1.82. The van der Waals surface area contributed by atoms with Gasteiger partial charge in [-0.1, -0.05) is 152 Å². The topological polar surface area (TPSA) is 39.8 Å². The van der Waals surface area contributed by atoms with Crippen LogP contribution in [0.2, 0.25) is 0 Å². The Morgan fingerprint density at radius 2 is 0.634 bits per heavy atom. The molecule has 5 aromatic rings. The van der Waals surface area contributed by atoms with E-state index >= 15 is 0 Å². The molecule has 5 aromatic carbocycles.